The van der Waals surface area contributed by atoms with Gasteiger partial charge in [-0.25, -0.2) is 0 Å². The maximum Gasteiger partial charge on any atom is 0.0403 e. The molecule has 0 saturated heterocycles. The molecule has 0 radical (unpaired) electrons. The zero-order valence-corrected chi connectivity index (χ0v) is 21.3. The molecular weight excluding hydrogens is 374 g/mol. The van der Waals surface area contributed by atoms with Crippen molar-refractivity contribution in [3.05, 3.63) is 101 Å². The van der Waals surface area contributed by atoms with Crippen LogP contribution in [0.3, 0.4) is 0 Å². The fraction of sp³-hybridized carbons (Fsp3) is 0.400. The zero-order chi connectivity index (χ0) is 23.8. The topological polar surface area (TPSA) is 12.0 Å². The van der Waals surface area contributed by atoms with Gasteiger partial charge >= 0.3 is 0 Å². The monoisotopic (exact) mass is 417 g/mol. The molecule has 0 atom stereocenters. The molecule has 1 heteroatoms. The molecule has 0 aliphatic carbocycles. The van der Waals surface area contributed by atoms with Gasteiger partial charge in [-0.2, -0.15) is 0 Å². The van der Waals surface area contributed by atoms with E-state index in [9.17, 15) is 0 Å². The van der Waals surface area contributed by atoms with Crippen molar-refractivity contribution in [3.63, 3.8) is 0 Å². The Labute approximate surface area is 192 Å². The lowest BCUT2D eigenvalue weighted by molar-refractivity contribution is 0.564. The summed E-state index contributed by atoms with van der Waals surface area (Å²) in [5.74, 6) is 0. The van der Waals surface area contributed by atoms with Crippen molar-refractivity contribution >= 4 is 5.69 Å². The van der Waals surface area contributed by atoms with E-state index in [1.807, 2.05) is 13.0 Å². The maximum absolute atomic E-state index is 3.63. The number of aryl methyl sites for hydroxylation is 1. The Kier molecular flexibility index (Phi) is 9.56. The molecule has 2 rings (SSSR count). The highest BCUT2D eigenvalue weighted by Gasteiger charge is 2.23. The lowest BCUT2D eigenvalue weighted by Gasteiger charge is -2.29. The van der Waals surface area contributed by atoms with Gasteiger partial charge < -0.3 is 5.32 Å². The number of hydrogen-bond donors (Lipinski definition) is 1. The van der Waals surface area contributed by atoms with Gasteiger partial charge in [0.2, 0.25) is 0 Å². The Hall–Kier alpha value is -2.54. The quantitative estimate of drug-likeness (QED) is 0.479. The van der Waals surface area contributed by atoms with Crippen LogP contribution in [0.4, 0.5) is 5.69 Å². The lowest BCUT2D eigenvalue weighted by atomic mass is 9.77. The average molecular weight is 418 g/mol. The average Bonchev–Trinajstić information content (AvgIpc) is 2.67. The van der Waals surface area contributed by atoms with Crippen molar-refractivity contribution in [1.82, 2.24) is 0 Å². The molecule has 1 N–H and O–H groups in total. The van der Waals surface area contributed by atoms with Gasteiger partial charge in [-0.1, -0.05) is 109 Å². The Morgan fingerprint density at radius 2 is 1.55 bits per heavy atom. The molecule has 2 aromatic carbocycles. The molecule has 0 fully saturated rings. The van der Waals surface area contributed by atoms with Gasteiger partial charge in [0.15, 0.2) is 0 Å². The van der Waals surface area contributed by atoms with Crippen molar-refractivity contribution in [2.75, 3.05) is 5.32 Å². The molecule has 168 valence electrons. The van der Waals surface area contributed by atoms with Crippen LogP contribution in [0.1, 0.15) is 76.3 Å². The first-order valence-corrected chi connectivity index (χ1v) is 11.2. The number of para-hydroxylation sites is 1. The standard InChI is InChI=1S/C23H33N.C7H10/c1-16-11-9-10-12-21(16)24-15-18-13-19(22(3,4)5)14-20(17(18)2)23(6,7)8;1-4-6-7(3)5-2/h9-14,24H,15H2,1-8H3;4-6H,1-2H2,3H3/b;7-6-. The largest absolute Gasteiger partial charge is 0.381 e. The van der Waals surface area contributed by atoms with Gasteiger partial charge in [-0.3, -0.25) is 0 Å². The minimum atomic E-state index is 0.156. The summed E-state index contributed by atoms with van der Waals surface area (Å²) in [6.07, 6.45) is 5.45. The van der Waals surface area contributed by atoms with Crippen LogP contribution in [0.5, 0.6) is 0 Å². The second-order valence-corrected chi connectivity index (χ2v) is 10.3. The van der Waals surface area contributed by atoms with Gasteiger partial charge in [-0.15, -0.1) is 0 Å². The number of benzene rings is 2. The Bertz CT molecular complexity index is 914. The summed E-state index contributed by atoms with van der Waals surface area (Å²) >= 11 is 0. The smallest absolute Gasteiger partial charge is 0.0403 e. The predicted octanol–water partition coefficient (Wildman–Crippen LogP) is 8.82. The van der Waals surface area contributed by atoms with E-state index < -0.39 is 0 Å². The highest BCUT2D eigenvalue weighted by atomic mass is 14.9. The molecule has 0 amide bonds. The van der Waals surface area contributed by atoms with E-state index >= 15 is 0 Å². The van der Waals surface area contributed by atoms with Crippen molar-refractivity contribution < 1.29 is 0 Å². The van der Waals surface area contributed by atoms with Gasteiger partial charge in [0.1, 0.15) is 0 Å². The molecule has 0 aromatic heterocycles. The molecule has 0 bridgehead atoms. The molecule has 0 saturated carbocycles. The predicted molar refractivity (Wildman–Crippen MR) is 141 cm³/mol. The Morgan fingerprint density at radius 1 is 0.935 bits per heavy atom. The molecule has 2 aromatic rings. The van der Waals surface area contributed by atoms with Crippen LogP contribution in [0.25, 0.3) is 0 Å². The van der Waals surface area contributed by atoms with Crippen LogP contribution in [-0.4, -0.2) is 0 Å². The van der Waals surface area contributed by atoms with Gasteiger partial charge in [-0.05, 0) is 65.5 Å². The third-order valence-corrected chi connectivity index (χ3v) is 5.51. The van der Waals surface area contributed by atoms with E-state index in [2.05, 4.69) is 110 Å². The Morgan fingerprint density at radius 3 is 2.00 bits per heavy atom. The fourth-order valence-electron chi connectivity index (χ4n) is 3.39. The minimum Gasteiger partial charge on any atom is -0.381 e. The van der Waals surface area contributed by atoms with Crippen LogP contribution in [0.2, 0.25) is 0 Å². The Balaban J connectivity index is 0.000000592. The van der Waals surface area contributed by atoms with E-state index in [0.717, 1.165) is 12.1 Å². The molecule has 0 aliphatic rings. The normalized spacial score (nSPS) is 12.0. The third-order valence-electron chi connectivity index (χ3n) is 5.51. The third kappa shape index (κ3) is 8.25. The lowest BCUT2D eigenvalue weighted by Crippen LogP contribution is -2.19. The first-order chi connectivity index (χ1) is 14.3. The van der Waals surface area contributed by atoms with E-state index in [4.69, 9.17) is 0 Å². The summed E-state index contributed by atoms with van der Waals surface area (Å²) in [6.45, 7) is 28.2. The maximum atomic E-state index is 3.63. The van der Waals surface area contributed by atoms with E-state index in [1.165, 1.54) is 33.5 Å². The molecule has 31 heavy (non-hydrogen) atoms. The fourth-order valence-corrected chi connectivity index (χ4v) is 3.39. The van der Waals surface area contributed by atoms with Gasteiger partial charge in [0.25, 0.3) is 0 Å². The first-order valence-electron chi connectivity index (χ1n) is 11.2. The van der Waals surface area contributed by atoms with Crippen LogP contribution < -0.4 is 5.32 Å². The SMILES string of the molecule is C=C/C=C(/C)C=C.Cc1ccccc1NCc1cc(C(C)(C)C)cc(C(C)(C)C)c1C. The summed E-state index contributed by atoms with van der Waals surface area (Å²) in [7, 11) is 0. The van der Waals surface area contributed by atoms with Gasteiger partial charge in [0, 0.05) is 12.2 Å². The molecular formula is C30H43N. The summed E-state index contributed by atoms with van der Waals surface area (Å²) < 4.78 is 0. The zero-order valence-electron chi connectivity index (χ0n) is 21.3. The van der Waals surface area contributed by atoms with Crippen molar-refractivity contribution in [3.8, 4) is 0 Å². The number of nitrogens with one attached hydrogen (secondary N) is 1. The highest BCUT2D eigenvalue weighted by molar-refractivity contribution is 5.52. The van der Waals surface area contributed by atoms with Crippen LogP contribution >= 0.6 is 0 Å². The van der Waals surface area contributed by atoms with Crippen molar-refractivity contribution in [2.24, 2.45) is 0 Å². The molecule has 1 nitrogen and oxygen atoms in total. The van der Waals surface area contributed by atoms with Crippen molar-refractivity contribution in [1.29, 1.82) is 0 Å². The first kappa shape index (κ1) is 26.5. The number of anilines is 1. The highest BCUT2D eigenvalue weighted by Crippen LogP contribution is 2.33. The van der Waals surface area contributed by atoms with Crippen LogP contribution in [-0.2, 0) is 17.4 Å². The minimum absolute atomic E-state index is 0.156. The van der Waals surface area contributed by atoms with Crippen LogP contribution in [0, 0.1) is 13.8 Å². The summed E-state index contributed by atoms with van der Waals surface area (Å²) in [4.78, 5) is 0. The van der Waals surface area contributed by atoms with Crippen LogP contribution in [0.15, 0.2) is 73.4 Å². The summed E-state index contributed by atoms with van der Waals surface area (Å²) in [5.41, 5.74) is 9.65. The van der Waals surface area contributed by atoms with Gasteiger partial charge in [0.05, 0.1) is 0 Å². The van der Waals surface area contributed by atoms with Crippen molar-refractivity contribution in [2.45, 2.75) is 79.7 Å². The molecule has 0 heterocycles. The number of rotatable bonds is 5. The molecule has 0 spiro atoms. The van der Waals surface area contributed by atoms with E-state index in [1.54, 1.807) is 12.2 Å². The summed E-state index contributed by atoms with van der Waals surface area (Å²) in [5, 5.41) is 3.63. The molecule has 0 unspecified atom stereocenters. The second kappa shape index (κ2) is 11.2. The van der Waals surface area contributed by atoms with E-state index in [-0.39, 0.29) is 10.8 Å². The summed E-state index contributed by atoms with van der Waals surface area (Å²) in [6, 6.07) is 13.3. The van der Waals surface area contributed by atoms with E-state index in [0.29, 0.717) is 0 Å². The second-order valence-electron chi connectivity index (χ2n) is 10.3. The number of hydrogen-bond acceptors (Lipinski definition) is 1. The number of allylic oxidation sites excluding steroid dienone is 4. The molecule has 0 aliphatic heterocycles.